The van der Waals surface area contributed by atoms with Gasteiger partial charge in [-0.25, -0.2) is 9.78 Å². The van der Waals surface area contributed by atoms with Crippen LogP contribution in [0.2, 0.25) is 5.15 Å². The Balaban J connectivity index is 1.86. The third-order valence-electron chi connectivity index (χ3n) is 2.67. The highest BCUT2D eigenvalue weighted by Crippen LogP contribution is 2.12. The normalized spacial score (nSPS) is 15.1. The summed E-state index contributed by atoms with van der Waals surface area (Å²) in [6.07, 6.45) is 1.47. The van der Waals surface area contributed by atoms with Gasteiger partial charge in [-0.2, -0.15) is 0 Å². The number of morpholine rings is 1. The molecule has 102 valence electrons. The molecule has 19 heavy (non-hydrogen) atoms. The first-order valence-electron chi connectivity index (χ1n) is 5.81. The van der Waals surface area contributed by atoms with Crippen molar-refractivity contribution in [3.63, 3.8) is 0 Å². The molecular weight excluding hydrogens is 272 g/mol. The molecule has 1 aromatic heterocycles. The lowest BCUT2D eigenvalue weighted by Crippen LogP contribution is -2.42. The van der Waals surface area contributed by atoms with Gasteiger partial charge in [-0.05, 0) is 12.1 Å². The molecule has 2 rings (SSSR count). The lowest BCUT2D eigenvalue weighted by Gasteiger charge is -2.26. The summed E-state index contributed by atoms with van der Waals surface area (Å²) in [6.45, 7) is 1.75. The van der Waals surface area contributed by atoms with Crippen molar-refractivity contribution in [1.82, 2.24) is 9.88 Å². The monoisotopic (exact) mass is 284 g/mol. The van der Waals surface area contributed by atoms with Gasteiger partial charge in [-0.3, -0.25) is 4.79 Å². The second kappa shape index (κ2) is 6.49. The summed E-state index contributed by atoms with van der Waals surface area (Å²) in [7, 11) is 0. The van der Waals surface area contributed by atoms with Crippen molar-refractivity contribution in [2.45, 2.75) is 0 Å². The summed E-state index contributed by atoms with van der Waals surface area (Å²) in [4.78, 5) is 28.8. The van der Waals surface area contributed by atoms with Crippen molar-refractivity contribution in [2.75, 3.05) is 32.9 Å². The van der Waals surface area contributed by atoms with Gasteiger partial charge in [0.15, 0.2) is 6.61 Å². The van der Waals surface area contributed by atoms with Crippen LogP contribution >= 0.6 is 11.6 Å². The van der Waals surface area contributed by atoms with Crippen molar-refractivity contribution >= 4 is 23.5 Å². The molecular formula is C12H13ClN2O4. The standard InChI is InChI=1S/C12H13ClN2O4/c13-11-9(2-1-3-14-11)12(17)19-8-10(16)15-4-6-18-7-5-15/h1-3H,4-8H2. The molecule has 0 unspecified atom stereocenters. The minimum absolute atomic E-state index is 0.0614. The fourth-order valence-electron chi connectivity index (χ4n) is 1.65. The van der Waals surface area contributed by atoms with E-state index in [9.17, 15) is 9.59 Å². The molecule has 1 aromatic rings. The summed E-state index contributed by atoms with van der Waals surface area (Å²) in [5.41, 5.74) is 0.152. The molecule has 1 aliphatic heterocycles. The predicted octanol–water partition coefficient (Wildman–Crippen LogP) is 0.751. The van der Waals surface area contributed by atoms with Gasteiger partial charge >= 0.3 is 5.97 Å². The minimum atomic E-state index is -0.653. The molecule has 0 spiro atoms. The number of carbonyl (C=O) groups is 2. The maximum absolute atomic E-state index is 11.8. The van der Waals surface area contributed by atoms with Crippen molar-refractivity contribution in [3.8, 4) is 0 Å². The molecule has 0 atom stereocenters. The minimum Gasteiger partial charge on any atom is -0.452 e. The summed E-state index contributed by atoms with van der Waals surface area (Å²) >= 11 is 5.76. The molecule has 0 aromatic carbocycles. The van der Waals surface area contributed by atoms with Crippen LogP contribution in [0.15, 0.2) is 18.3 Å². The van der Waals surface area contributed by atoms with Crippen LogP contribution in [0.25, 0.3) is 0 Å². The molecule has 0 N–H and O–H groups in total. The second-order valence-corrected chi connectivity index (χ2v) is 4.27. The third-order valence-corrected chi connectivity index (χ3v) is 2.97. The highest BCUT2D eigenvalue weighted by Gasteiger charge is 2.19. The number of ether oxygens (including phenoxy) is 2. The first-order chi connectivity index (χ1) is 9.18. The molecule has 0 bridgehead atoms. The topological polar surface area (TPSA) is 68.7 Å². The van der Waals surface area contributed by atoms with Crippen LogP contribution in [0.3, 0.4) is 0 Å². The molecule has 1 fully saturated rings. The number of nitrogens with zero attached hydrogens (tertiary/aromatic N) is 2. The Bertz CT molecular complexity index is 475. The number of hydrogen-bond acceptors (Lipinski definition) is 5. The highest BCUT2D eigenvalue weighted by atomic mass is 35.5. The maximum atomic E-state index is 11.8. The number of pyridine rings is 1. The fraction of sp³-hybridized carbons (Fsp3) is 0.417. The largest absolute Gasteiger partial charge is 0.452 e. The van der Waals surface area contributed by atoms with Gasteiger partial charge in [0.1, 0.15) is 5.15 Å². The molecule has 1 amide bonds. The first-order valence-corrected chi connectivity index (χ1v) is 6.19. The van der Waals surface area contributed by atoms with E-state index in [4.69, 9.17) is 21.1 Å². The van der Waals surface area contributed by atoms with Gasteiger partial charge in [0.2, 0.25) is 0 Å². The average molecular weight is 285 g/mol. The van der Waals surface area contributed by atoms with E-state index in [2.05, 4.69) is 4.98 Å². The molecule has 6 nitrogen and oxygen atoms in total. The van der Waals surface area contributed by atoms with Crippen LogP contribution < -0.4 is 0 Å². The summed E-state index contributed by atoms with van der Waals surface area (Å²) in [5.74, 6) is -0.892. The van der Waals surface area contributed by atoms with Gasteiger partial charge < -0.3 is 14.4 Å². The smallest absolute Gasteiger partial charge is 0.341 e. The number of halogens is 1. The first kappa shape index (κ1) is 13.8. The van der Waals surface area contributed by atoms with Crippen LogP contribution in [0.5, 0.6) is 0 Å². The molecule has 0 radical (unpaired) electrons. The number of aromatic nitrogens is 1. The molecule has 2 heterocycles. The van der Waals surface area contributed by atoms with Gasteiger partial charge in [0, 0.05) is 19.3 Å². The highest BCUT2D eigenvalue weighted by molar-refractivity contribution is 6.32. The van der Waals surface area contributed by atoms with E-state index in [0.29, 0.717) is 26.3 Å². The fourth-order valence-corrected chi connectivity index (χ4v) is 1.84. The quantitative estimate of drug-likeness (QED) is 0.605. The Morgan fingerprint density at radius 2 is 2.16 bits per heavy atom. The average Bonchev–Trinajstić information content (AvgIpc) is 2.46. The lowest BCUT2D eigenvalue weighted by molar-refractivity contribution is -0.138. The van der Waals surface area contributed by atoms with E-state index in [1.807, 2.05) is 0 Å². The summed E-state index contributed by atoms with van der Waals surface area (Å²) in [6, 6.07) is 3.07. The number of rotatable bonds is 3. The molecule has 1 aliphatic rings. The van der Waals surface area contributed by atoms with E-state index in [1.54, 1.807) is 11.0 Å². The second-order valence-electron chi connectivity index (χ2n) is 3.91. The number of carbonyl (C=O) groups excluding carboxylic acids is 2. The van der Waals surface area contributed by atoms with Crippen LogP contribution in [-0.4, -0.2) is 54.7 Å². The van der Waals surface area contributed by atoms with Crippen molar-refractivity contribution in [1.29, 1.82) is 0 Å². The van der Waals surface area contributed by atoms with Crippen molar-refractivity contribution in [3.05, 3.63) is 29.0 Å². The molecule has 0 saturated carbocycles. The van der Waals surface area contributed by atoms with E-state index < -0.39 is 5.97 Å². The number of hydrogen-bond donors (Lipinski definition) is 0. The Labute approximate surface area is 115 Å². The third kappa shape index (κ3) is 3.65. The Morgan fingerprint density at radius 3 is 2.84 bits per heavy atom. The van der Waals surface area contributed by atoms with Crippen LogP contribution in [0, 0.1) is 0 Å². The van der Waals surface area contributed by atoms with E-state index >= 15 is 0 Å². The van der Waals surface area contributed by atoms with E-state index in [1.165, 1.54) is 12.3 Å². The van der Waals surface area contributed by atoms with Gasteiger partial charge in [0.25, 0.3) is 5.91 Å². The Morgan fingerprint density at radius 1 is 1.42 bits per heavy atom. The Hall–Kier alpha value is -1.66. The zero-order valence-corrected chi connectivity index (χ0v) is 10.9. The van der Waals surface area contributed by atoms with E-state index in [0.717, 1.165) is 0 Å². The van der Waals surface area contributed by atoms with Gasteiger partial charge in [-0.15, -0.1) is 0 Å². The number of esters is 1. The predicted molar refractivity (Wildman–Crippen MR) is 66.9 cm³/mol. The SMILES string of the molecule is O=C(OCC(=O)N1CCOCC1)c1cccnc1Cl. The van der Waals surface area contributed by atoms with Crippen LogP contribution in [0.4, 0.5) is 0 Å². The van der Waals surface area contributed by atoms with Crippen molar-refractivity contribution in [2.24, 2.45) is 0 Å². The summed E-state index contributed by atoms with van der Waals surface area (Å²) < 4.78 is 10.1. The van der Waals surface area contributed by atoms with Gasteiger partial charge in [-0.1, -0.05) is 11.6 Å². The zero-order valence-electron chi connectivity index (χ0n) is 10.2. The Kier molecular flexibility index (Phi) is 4.70. The van der Waals surface area contributed by atoms with E-state index in [-0.39, 0.29) is 23.2 Å². The molecule has 0 aliphatic carbocycles. The zero-order chi connectivity index (χ0) is 13.7. The maximum Gasteiger partial charge on any atom is 0.341 e. The van der Waals surface area contributed by atoms with Crippen LogP contribution in [0.1, 0.15) is 10.4 Å². The summed E-state index contributed by atoms with van der Waals surface area (Å²) in [5, 5.41) is 0.0614. The van der Waals surface area contributed by atoms with Crippen LogP contribution in [-0.2, 0) is 14.3 Å². The number of amides is 1. The molecule has 7 heteroatoms. The lowest BCUT2D eigenvalue weighted by atomic mass is 10.3. The van der Waals surface area contributed by atoms with Gasteiger partial charge in [0.05, 0.1) is 18.8 Å². The van der Waals surface area contributed by atoms with Crippen molar-refractivity contribution < 1.29 is 19.1 Å². The molecule has 1 saturated heterocycles.